The first kappa shape index (κ1) is 49.8. The molecule has 7 N–H and O–H groups in total. The van der Waals surface area contributed by atoms with Crippen LogP contribution in [0.2, 0.25) is 0 Å². The van der Waals surface area contributed by atoms with E-state index in [0.29, 0.717) is 0 Å². The number of ether oxygens (including phenoxy) is 3. The van der Waals surface area contributed by atoms with Crippen molar-refractivity contribution in [1.29, 1.82) is 0 Å². The number of carbonyl (C=O) groups is 1. The van der Waals surface area contributed by atoms with Gasteiger partial charge in [0.15, 0.2) is 6.04 Å². The zero-order valence-electron chi connectivity index (χ0n) is 29.8. The van der Waals surface area contributed by atoms with Gasteiger partial charge in [0.2, 0.25) is 5.91 Å². The maximum atomic E-state index is 13.3. The highest BCUT2D eigenvalue weighted by Gasteiger charge is 2.34. The van der Waals surface area contributed by atoms with E-state index in [9.17, 15) is 18.5 Å². The predicted molar refractivity (Wildman–Crippen MR) is 201 cm³/mol. The lowest BCUT2D eigenvalue weighted by Crippen LogP contribution is -2.59. The highest BCUT2D eigenvalue weighted by molar-refractivity contribution is 7.52. The fourth-order valence-electron chi connectivity index (χ4n) is 3.57. The second-order valence-electron chi connectivity index (χ2n) is 11.5. The Morgan fingerprint density at radius 2 is 0.907 bits per heavy atom. The summed E-state index contributed by atoms with van der Waals surface area (Å²) in [6.07, 6.45) is 3.60. The Labute approximate surface area is 317 Å². The van der Waals surface area contributed by atoms with Crippen molar-refractivity contribution in [3.8, 4) is 107 Å². The summed E-state index contributed by atoms with van der Waals surface area (Å²) in [6, 6.07) is 2.90. The van der Waals surface area contributed by atoms with Crippen molar-refractivity contribution in [1.82, 2.24) is 5.32 Å². The van der Waals surface area contributed by atoms with Gasteiger partial charge in [0.1, 0.15) is 5.54 Å². The first-order valence-corrected chi connectivity index (χ1v) is 21.2. The van der Waals surface area contributed by atoms with Gasteiger partial charge in [-0.2, -0.15) is 0 Å². The van der Waals surface area contributed by atoms with Gasteiger partial charge in [0.25, 0.3) is 0 Å². The normalized spacial score (nSPS) is 10.6. The molecular formula is C36H42N2O13P3+. The van der Waals surface area contributed by atoms with Gasteiger partial charge in [0.05, 0.1) is 71.3 Å². The van der Waals surface area contributed by atoms with Crippen LogP contribution in [-0.2, 0) is 32.7 Å². The molecule has 15 nitrogen and oxygen atoms in total. The first-order valence-electron chi connectivity index (χ1n) is 15.8. The van der Waals surface area contributed by atoms with Crippen molar-refractivity contribution in [3.63, 3.8) is 0 Å². The van der Waals surface area contributed by atoms with Gasteiger partial charge < -0.3 is 48.9 Å². The molecule has 0 spiro atoms. The monoisotopic (exact) mass is 803 g/mol. The molecule has 0 aromatic rings. The highest BCUT2D eigenvalue weighted by Crippen LogP contribution is 2.36. The maximum absolute atomic E-state index is 13.3. The van der Waals surface area contributed by atoms with Crippen molar-refractivity contribution < 1.29 is 66.5 Å². The van der Waals surface area contributed by atoms with Crippen molar-refractivity contribution in [2.45, 2.75) is 31.2 Å². The standard InChI is InChI=1S/C36H41N2O13P3/c1-4-5-6-7-8-9-10-11-12-13-14-15-16-17-18-19-24-38(2,3)25-23-35(39)37-36(32-49-26-20-29-52(40,41)42,33-50-27-21-30-53(43,44)45)34-51-28-22-31-54(46,47)48/h1H,20-23,25-34H2,2-3H3,(H6-,37,39,40,41,42,43,44,45,46,47,48)/p+1. The second kappa shape index (κ2) is 27.4. The SMILES string of the molecule is C#CC#CC#CC#CC#CC#CC#CC#CC#C[N+](C)(C)CCC(=O)NC(COCCCP(=O)(O)O)(COCCCP(=O)(O)O)COCCCP(=O)(O)O. The Balaban J connectivity index is 5.64. The fourth-order valence-corrected chi connectivity index (χ4v) is 5.19. The van der Waals surface area contributed by atoms with Crippen LogP contribution in [0, 0.1) is 107 Å². The van der Waals surface area contributed by atoms with Crippen LogP contribution in [0.25, 0.3) is 0 Å². The molecule has 0 aromatic carbocycles. The van der Waals surface area contributed by atoms with Gasteiger partial charge in [-0.05, 0) is 66.6 Å². The number of nitrogens with one attached hydrogen (secondary N) is 1. The van der Waals surface area contributed by atoms with Gasteiger partial charge >= 0.3 is 22.8 Å². The predicted octanol–water partition coefficient (Wildman–Crippen LogP) is -0.321. The van der Waals surface area contributed by atoms with Gasteiger partial charge in [-0.3, -0.25) is 18.5 Å². The van der Waals surface area contributed by atoms with Crippen LogP contribution in [-0.4, -0.2) is 124 Å². The topological polar surface area (TPSA) is 229 Å². The number of carbonyl (C=O) groups excluding carboxylic acids is 1. The molecule has 54 heavy (non-hydrogen) atoms. The molecule has 0 unspecified atom stereocenters. The molecule has 0 heterocycles. The lowest BCUT2D eigenvalue weighted by atomic mass is 10.0. The Kier molecular flexibility index (Phi) is 25.3. The van der Waals surface area contributed by atoms with Crippen LogP contribution < -0.4 is 5.32 Å². The maximum Gasteiger partial charge on any atom is 0.325 e. The largest absolute Gasteiger partial charge is 0.379 e. The smallest absolute Gasteiger partial charge is 0.325 e. The zero-order chi connectivity index (χ0) is 40.8. The third-order valence-corrected chi connectivity index (χ3v) is 8.65. The number of terminal acetylenes is 1. The summed E-state index contributed by atoms with van der Waals surface area (Å²) < 4.78 is 50.7. The Morgan fingerprint density at radius 3 is 1.22 bits per heavy atom. The molecule has 0 atom stereocenters. The molecule has 0 rings (SSSR count). The quantitative estimate of drug-likeness (QED) is 0.0323. The molecule has 0 radical (unpaired) electrons. The van der Waals surface area contributed by atoms with Crippen LogP contribution in [0.4, 0.5) is 0 Å². The van der Waals surface area contributed by atoms with Crippen LogP contribution in [0.1, 0.15) is 25.7 Å². The van der Waals surface area contributed by atoms with Gasteiger partial charge in [-0.15, -0.1) is 6.42 Å². The zero-order valence-corrected chi connectivity index (χ0v) is 32.5. The first-order chi connectivity index (χ1) is 25.3. The van der Waals surface area contributed by atoms with Crippen molar-refractivity contribution in [3.05, 3.63) is 0 Å². The molecule has 0 aliphatic rings. The van der Waals surface area contributed by atoms with E-state index in [0.717, 1.165) is 0 Å². The highest BCUT2D eigenvalue weighted by atomic mass is 31.2. The number of amides is 1. The third kappa shape index (κ3) is 33.6. The molecule has 18 heteroatoms. The van der Waals surface area contributed by atoms with E-state index < -0.39 is 52.7 Å². The lowest BCUT2D eigenvalue weighted by molar-refractivity contribution is -0.821. The molecule has 0 aliphatic carbocycles. The molecule has 0 saturated heterocycles. The number of quaternary nitrogens is 1. The summed E-state index contributed by atoms with van der Waals surface area (Å²) in [5, 5.41) is 2.82. The minimum atomic E-state index is -4.28. The molecule has 1 amide bonds. The molecule has 288 valence electrons. The summed E-state index contributed by atoms with van der Waals surface area (Å²) in [5.74, 6) is 38.8. The minimum absolute atomic E-state index is 0.000231. The molecule has 0 bridgehead atoms. The Morgan fingerprint density at radius 1 is 0.593 bits per heavy atom. The van der Waals surface area contributed by atoms with Crippen LogP contribution >= 0.6 is 22.8 Å². The Hall–Kier alpha value is -4.20. The lowest BCUT2D eigenvalue weighted by Gasteiger charge is -2.34. The van der Waals surface area contributed by atoms with Gasteiger partial charge in [-0.1, -0.05) is 0 Å². The van der Waals surface area contributed by atoms with Crippen LogP contribution in [0.3, 0.4) is 0 Å². The molecule has 0 aromatic heterocycles. The molecule has 0 saturated carbocycles. The Bertz CT molecular complexity index is 1890. The van der Waals surface area contributed by atoms with E-state index in [4.69, 9.17) is 50.0 Å². The number of rotatable bonds is 22. The van der Waals surface area contributed by atoms with Gasteiger partial charge in [-0.25, -0.2) is 4.48 Å². The number of hydrogen-bond acceptors (Lipinski definition) is 7. The fraction of sp³-hybridized carbons (Fsp3) is 0.472. The van der Waals surface area contributed by atoms with E-state index in [1.807, 2.05) is 0 Å². The van der Waals surface area contributed by atoms with E-state index in [2.05, 4.69) is 106 Å². The second-order valence-corrected chi connectivity index (χ2v) is 16.8. The molecule has 0 fully saturated rings. The van der Waals surface area contributed by atoms with Crippen LogP contribution in [0.15, 0.2) is 0 Å². The summed E-state index contributed by atoms with van der Waals surface area (Å²) in [5.41, 5.74) is -1.40. The minimum Gasteiger partial charge on any atom is -0.379 e. The van der Waals surface area contributed by atoms with E-state index >= 15 is 0 Å². The van der Waals surface area contributed by atoms with Crippen molar-refractivity contribution in [2.24, 2.45) is 0 Å². The summed E-state index contributed by atoms with van der Waals surface area (Å²) >= 11 is 0. The van der Waals surface area contributed by atoms with E-state index in [1.54, 1.807) is 14.1 Å². The number of hydrogen-bond donors (Lipinski definition) is 7. The van der Waals surface area contributed by atoms with E-state index in [1.165, 1.54) is 0 Å². The molecular weight excluding hydrogens is 761 g/mol. The molecule has 0 aliphatic heterocycles. The van der Waals surface area contributed by atoms with Crippen LogP contribution in [0.5, 0.6) is 0 Å². The third-order valence-electron chi connectivity index (χ3n) is 5.96. The summed E-state index contributed by atoms with van der Waals surface area (Å²) in [6.45, 7) is -0.832. The van der Waals surface area contributed by atoms with Gasteiger partial charge in [0, 0.05) is 61.3 Å². The average molecular weight is 804 g/mol. The van der Waals surface area contributed by atoms with E-state index in [-0.39, 0.29) is 76.4 Å². The average Bonchev–Trinajstić information content (AvgIpc) is 3.05. The summed E-state index contributed by atoms with van der Waals surface area (Å²) in [4.78, 5) is 68.1. The van der Waals surface area contributed by atoms with Crippen molar-refractivity contribution in [2.75, 3.05) is 78.8 Å². The van der Waals surface area contributed by atoms with Crippen molar-refractivity contribution >= 4 is 28.7 Å². The summed E-state index contributed by atoms with van der Waals surface area (Å²) in [7, 11) is -9.35. The number of nitrogens with zero attached hydrogens (tertiary/aromatic N) is 1.